The SMILES string of the molecule is CC[C@H](Sc1nnc(C)s1)C(=O)Nc1ccc(Br)cc1. The van der Waals surface area contributed by atoms with Gasteiger partial charge in [-0.15, -0.1) is 10.2 Å². The summed E-state index contributed by atoms with van der Waals surface area (Å²) in [6, 6.07) is 7.54. The normalized spacial score (nSPS) is 12.2. The van der Waals surface area contributed by atoms with Crippen molar-refractivity contribution in [1.82, 2.24) is 10.2 Å². The van der Waals surface area contributed by atoms with Crippen LogP contribution in [-0.4, -0.2) is 21.4 Å². The van der Waals surface area contributed by atoms with E-state index in [-0.39, 0.29) is 11.2 Å². The van der Waals surface area contributed by atoms with Crippen LogP contribution in [0, 0.1) is 6.92 Å². The number of hydrogen-bond acceptors (Lipinski definition) is 5. The molecule has 0 spiro atoms. The smallest absolute Gasteiger partial charge is 0.237 e. The third kappa shape index (κ3) is 4.29. The van der Waals surface area contributed by atoms with Crippen LogP contribution in [0.25, 0.3) is 0 Å². The maximum atomic E-state index is 12.3. The number of hydrogen-bond donors (Lipinski definition) is 1. The molecule has 1 amide bonds. The number of aryl methyl sites for hydroxylation is 1. The third-order valence-corrected chi connectivity index (χ3v) is 5.34. The number of carbonyl (C=O) groups excluding carboxylic acids is 1. The molecule has 20 heavy (non-hydrogen) atoms. The third-order valence-electron chi connectivity index (χ3n) is 2.53. The van der Waals surface area contributed by atoms with E-state index in [2.05, 4.69) is 31.4 Å². The minimum Gasteiger partial charge on any atom is -0.325 e. The molecule has 1 N–H and O–H groups in total. The van der Waals surface area contributed by atoms with Crippen LogP contribution < -0.4 is 5.32 Å². The van der Waals surface area contributed by atoms with E-state index in [4.69, 9.17) is 0 Å². The molecule has 0 unspecified atom stereocenters. The Balaban J connectivity index is 2.00. The summed E-state index contributed by atoms with van der Waals surface area (Å²) >= 11 is 6.35. The van der Waals surface area contributed by atoms with Crippen LogP contribution in [0.5, 0.6) is 0 Å². The molecule has 1 atom stereocenters. The molecule has 0 fully saturated rings. The fraction of sp³-hybridized carbons (Fsp3) is 0.308. The van der Waals surface area contributed by atoms with E-state index in [1.165, 1.54) is 23.1 Å². The zero-order valence-electron chi connectivity index (χ0n) is 11.1. The van der Waals surface area contributed by atoms with Crippen molar-refractivity contribution in [3.8, 4) is 0 Å². The molecule has 0 aliphatic rings. The van der Waals surface area contributed by atoms with Crippen LogP contribution >= 0.6 is 39.0 Å². The number of thioether (sulfide) groups is 1. The standard InChI is InChI=1S/C13H14BrN3OS2/c1-3-11(20-13-17-16-8(2)19-13)12(18)15-10-6-4-9(14)5-7-10/h4-7,11H,3H2,1-2H3,(H,15,18)/t11-/m0/s1. The average molecular weight is 372 g/mol. The van der Waals surface area contributed by atoms with Gasteiger partial charge in [-0.2, -0.15) is 0 Å². The fourth-order valence-corrected chi connectivity index (χ4v) is 3.77. The van der Waals surface area contributed by atoms with Gasteiger partial charge in [0.05, 0.1) is 5.25 Å². The van der Waals surface area contributed by atoms with Gasteiger partial charge in [0.15, 0.2) is 4.34 Å². The number of nitrogens with zero attached hydrogens (tertiary/aromatic N) is 2. The maximum Gasteiger partial charge on any atom is 0.237 e. The molecule has 2 aromatic rings. The number of rotatable bonds is 5. The van der Waals surface area contributed by atoms with E-state index in [0.29, 0.717) is 0 Å². The van der Waals surface area contributed by atoms with Crippen LogP contribution in [0.1, 0.15) is 18.4 Å². The largest absolute Gasteiger partial charge is 0.325 e. The molecular formula is C13H14BrN3OS2. The minimum atomic E-state index is -0.161. The summed E-state index contributed by atoms with van der Waals surface area (Å²) in [6.07, 6.45) is 0.742. The van der Waals surface area contributed by atoms with Crippen LogP contribution in [0.4, 0.5) is 5.69 Å². The van der Waals surface area contributed by atoms with E-state index < -0.39 is 0 Å². The molecule has 2 rings (SSSR count). The quantitative estimate of drug-likeness (QED) is 0.803. The number of anilines is 1. The summed E-state index contributed by atoms with van der Waals surface area (Å²) in [7, 11) is 0. The number of nitrogens with one attached hydrogen (secondary N) is 1. The molecule has 0 saturated carbocycles. The predicted molar refractivity (Wildman–Crippen MR) is 87.4 cm³/mol. The zero-order chi connectivity index (χ0) is 14.5. The van der Waals surface area contributed by atoms with Gasteiger partial charge >= 0.3 is 0 Å². The van der Waals surface area contributed by atoms with Gasteiger partial charge in [0, 0.05) is 10.2 Å². The first-order valence-electron chi connectivity index (χ1n) is 6.11. The second kappa shape index (κ2) is 7.19. The number of halogens is 1. The highest BCUT2D eigenvalue weighted by Gasteiger charge is 2.20. The van der Waals surface area contributed by atoms with Crippen molar-refractivity contribution in [2.75, 3.05) is 5.32 Å². The Morgan fingerprint density at radius 1 is 1.40 bits per heavy atom. The number of aromatic nitrogens is 2. The Kier molecular flexibility index (Phi) is 5.56. The maximum absolute atomic E-state index is 12.3. The van der Waals surface area contributed by atoms with Crippen LogP contribution in [0.2, 0.25) is 0 Å². The average Bonchev–Trinajstić information content (AvgIpc) is 2.84. The van der Waals surface area contributed by atoms with Gasteiger partial charge in [-0.1, -0.05) is 46.0 Å². The second-order valence-electron chi connectivity index (χ2n) is 4.10. The Morgan fingerprint density at radius 3 is 2.65 bits per heavy atom. The second-order valence-corrected chi connectivity index (χ2v) is 7.65. The van der Waals surface area contributed by atoms with E-state index in [9.17, 15) is 4.79 Å². The van der Waals surface area contributed by atoms with E-state index in [1.807, 2.05) is 38.1 Å². The highest BCUT2D eigenvalue weighted by molar-refractivity contribution is 9.10. The predicted octanol–water partition coefficient (Wildman–Crippen LogP) is 4.12. The molecule has 0 radical (unpaired) electrons. The summed E-state index contributed by atoms with van der Waals surface area (Å²) in [5, 5.41) is 11.7. The van der Waals surface area contributed by atoms with E-state index in [0.717, 1.165) is 25.9 Å². The number of benzene rings is 1. The highest BCUT2D eigenvalue weighted by Crippen LogP contribution is 2.29. The number of amides is 1. The van der Waals surface area contributed by atoms with Gasteiger partial charge in [0.2, 0.25) is 5.91 Å². The minimum absolute atomic E-state index is 0.00678. The van der Waals surface area contributed by atoms with Crippen molar-refractivity contribution in [2.24, 2.45) is 0 Å². The van der Waals surface area contributed by atoms with Crippen LogP contribution in [0.3, 0.4) is 0 Å². The Bertz CT molecular complexity index is 586. The van der Waals surface area contributed by atoms with Crippen molar-refractivity contribution >= 4 is 50.6 Å². The first-order valence-corrected chi connectivity index (χ1v) is 8.60. The lowest BCUT2D eigenvalue weighted by molar-refractivity contribution is -0.115. The van der Waals surface area contributed by atoms with Crippen molar-refractivity contribution < 1.29 is 4.79 Å². The summed E-state index contributed by atoms with van der Waals surface area (Å²) in [5.74, 6) is -0.00678. The summed E-state index contributed by atoms with van der Waals surface area (Å²) in [6.45, 7) is 3.90. The van der Waals surface area contributed by atoms with E-state index in [1.54, 1.807) is 0 Å². The van der Waals surface area contributed by atoms with Gasteiger partial charge in [0.1, 0.15) is 5.01 Å². The van der Waals surface area contributed by atoms with Gasteiger partial charge in [0.25, 0.3) is 0 Å². The molecule has 0 bridgehead atoms. The fourth-order valence-electron chi connectivity index (χ4n) is 1.53. The molecule has 0 saturated heterocycles. The molecular weight excluding hydrogens is 358 g/mol. The lowest BCUT2D eigenvalue weighted by Crippen LogP contribution is -2.24. The van der Waals surface area contributed by atoms with E-state index >= 15 is 0 Å². The van der Waals surface area contributed by atoms with Crippen molar-refractivity contribution in [3.05, 3.63) is 33.7 Å². The Hall–Kier alpha value is -0.920. The monoisotopic (exact) mass is 371 g/mol. The van der Waals surface area contributed by atoms with Crippen LogP contribution in [0.15, 0.2) is 33.1 Å². The Labute approximate surface area is 134 Å². The van der Waals surface area contributed by atoms with Gasteiger partial charge in [-0.05, 0) is 37.6 Å². The molecule has 1 aromatic carbocycles. The van der Waals surface area contributed by atoms with Gasteiger partial charge in [-0.25, -0.2) is 0 Å². The first-order chi connectivity index (χ1) is 9.58. The summed E-state index contributed by atoms with van der Waals surface area (Å²) in [5.41, 5.74) is 0.797. The van der Waals surface area contributed by atoms with Crippen molar-refractivity contribution in [3.63, 3.8) is 0 Å². The number of carbonyl (C=O) groups is 1. The molecule has 0 aliphatic carbocycles. The van der Waals surface area contributed by atoms with Crippen molar-refractivity contribution in [2.45, 2.75) is 29.9 Å². The van der Waals surface area contributed by atoms with Gasteiger partial charge < -0.3 is 5.32 Å². The first kappa shape index (κ1) is 15.5. The molecule has 1 heterocycles. The lowest BCUT2D eigenvalue weighted by atomic mass is 10.3. The zero-order valence-corrected chi connectivity index (χ0v) is 14.3. The molecule has 0 aliphatic heterocycles. The van der Waals surface area contributed by atoms with Crippen LogP contribution in [-0.2, 0) is 4.79 Å². The summed E-state index contributed by atoms with van der Waals surface area (Å²) < 4.78 is 1.82. The highest BCUT2D eigenvalue weighted by atomic mass is 79.9. The summed E-state index contributed by atoms with van der Waals surface area (Å²) in [4.78, 5) is 12.3. The Morgan fingerprint density at radius 2 is 2.10 bits per heavy atom. The molecule has 4 nitrogen and oxygen atoms in total. The topological polar surface area (TPSA) is 54.9 Å². The molecule has 7 heteroatoms. The molecule has 106 valence electrons. The van der Waals surface area contributed by atoms with Gasteiger partial charge in [-0.3, -0.25) is 4.79 Å². The van der Waals surface area contributed by atoms with Crippen molar-refractivity contribution in [1.29, 1.82) is 0 Å². The molecule has 1 aromatic heterocycles. The lowest BCUT2D eigenvalue weighted by Gasteiger charge is -2.13.